The minimum atomic E-state index is 0.119. The van der Waals surface area contributed by atoms with Gasteiger partial charge in [0.25, 0.3) is 0 Å². The van der Waals surface area contributed by atoms with Crippen molar-refractivity contribution >= 4 is 28.6 Å². The van der Waals surface area contributed by atoms with Crippen molar-refractivity contribution < 1.29 is 0 Å². The van der Waals surface area contributed by atoms with Crippen LogP contribution < -0.4 is 5.32 Å². The number of aromatic amines is 1. The predicted molar refractivity (Wildman–Crippen MR) is 85.3 cm³/mol. The number of halogens is 1. The van der Waals surface area contributed by atoms with Gasteiger partial charge in [-0.2, -0.15) is 0 Å². The van der Waals surface area contributed by atoms with Crippen molar-refractivity contribution in [2.45, 2.75) is 25.3 Å². The van der Waals surface area contributed by atoms with Gasteiger partial charge < -0.3 is 10.3 Å². The van der Waals surface area contributed by atoms with E-state index in [-0.39, 0.29) is 11.9 Å². The first-order chi connectivity index (χ1) is 10.3. The Morgan fingerprint density at radius 3 is 3.14 bits per heavy atom. The summed E-state index contributed by atoms with van der Waals surface area (Å²) in [6.07, 6.45) is 13.1. The summed E-state index contributed by atoms with van der Waals surface area (Å²) in [6.45, 7) is 2.10. The number of aromatic nitrogens is 4. The van der Waals surface area contributed by atoms with E-state index in [1.807, 2.05) is 0 Å². The van der Waals surface area contributed by atoms with E-state index in [9.17, 15) is 0 Å². The molecule has 2 aromatic rings. The number of imidazole rings is 1. The zero-order chi connectivity index (χ0) is 14.7. The molecule has 1 aliphatic carbocycles. The number of H-pyrrole nitrogens is 1. The van der Waals surface area contributed by atoms with Crippen LogP contribution in [0.4, 0.5) is 5.82 Å². The molecule has 2 aromatic heterocycles. The molecular formula is C15H16ClN5. The summed E-state index contributed by atoms with van der Waals surface area (Å²) in [4.78, 5) is 16.0. The summed E-state index contributed by atoms with van der Waals surface area (Å²) in [7, 11) is 0. The van der Waals surface area contributed by atoms with E-state index < -0.39 is 0 Å². The lowest BCUT2D eigenvalue weighted by Gasteiger charge is -2.16. The van der Waals surface area contributed by atoms with Crippen molar-refractivity contribution in [2.75, 3.05) is 5.32 Å². The van der Waals surface area contributed by atoms with Gasteiger partial charge in [0.15, 0.2) is 11.5 Å². The topological polar surface area (TPSA) is 66.5 Å². The molecule has 1 atom stereocenters. The summed E-state index contributed by atoms with van der Waals surface area (Å²) in [6, 6.07) is 0.119. The third-order valence-corrected chi connectivity index (χ3v) is 3.55. The van der Waals surface area contributed by atoms with Crippen LogP contribution in [-0.2, 0) is 5.88 Å². The fourth-order valence-corrected chi connectivity index (χ4v) is 2.34. The van der Waals surface area contributed by atoms with Crippen molar-refractivity contribution in [1.82, 2.24) is 19.9 Å². The Morgan fingerprint density at radius 2 is 2.29 bits per heavy atom. The number of allylic oxidation sites excluding steroid dienone is 4. The van der Waals surface area contributed by atoms with Gasteiger partial charge in [-0.15, -0.1) is 11.6 Å². The molecule has 6 heteroatoms. The zero-order valence-corrected chi connectivity index (χ0v) is 12.4. The molecule has 0 saturated heterocycles. The molecule has 0 aliphatic heterocycles. The number of fused-ring (bicyclic) bond motifs is 1. The second-order valence-electron chi connectivity index (χ2n) is 4.82. The summed E-state index contributed by atoms with van der Waals surface area (Å²) in [5, 5.41) is 3.41. The Kier molecular flexibility index (Phi) is 4.01. The van der Waals surface area contributed by atoms with Gasteiger partial charge in [0.05, 0.1) is 18.2 Å². The summed E-state index contributed by atoms with van der Waals surface area (Å²) >= 11 is 5.85. The normalized spacial score (nSPS) is 15.8. The molecule has 1 aliphatic rings. The Balaban J connectivity index is 1.92. The number of anilines is 1. The van der Waals surface area contributed by atoms with Crippen molar-refractivity contribution in [3.63, 3.8) is 0 Å². The molecular weight excluding hydrogens is 286 g/mol. The molecule has 0 amide bonds. The van der Waals surface area contributed by atoms with Gasteiger partial charge in [0.2, 0.25) is 0 Å². The van der Waals surface area contributed by atoms with Gasteiger partial charge in [-0.1, -0.05) is 30.4 Å². The monoisotopic (exact) mass is 301 g/mol. The van der Waals surface area contributed by atoms with E-state index in [4.69, 9.17) is 11.6 Å². The molecule has 108 valence electrons. The van der Waals surface area contributed by atoms with Crippen molar-refractivity contribution in [3.8, 4) is 0 Å². The molecule has 3 rings (SSSR count). The average Bonchev–Trinajstić information content (AvgIpc) is 2.80. The Bertz CT molecular complexity index is 729. The van der Waals surface area contributed by atoms with Crippen LogP contribution in [0.2, 0.25) is 0 Å². The second-order valence-corrected chi connectivity index (χ2v) is 5.09. The van der Waals surface area contributed by atoms with Crippen LogP contribution >= 0.6 is 11.6 Å². The average molecular weight is 302 g/mol. The first kappa shape index (κ1) is 13.8. The van der Waals surface area contributed by atoms with Crippen molar-refractivity contribution in [3.05, 3.63) is 48.1 Å². The number of hydrogen-bond donors (Lipinski definition) is 2. The third-order valence-electron chi connectivity index (χ3n) is 3.31. The highest BCUT2D eigenvalue weighted by molar-refractivity contribution is 6.16. The molecule has 2 N–H and O–H groups in total. The van der Waals surface area contributed by atoms with Crippen LogP contribution in [0.15, 0.2) is 42.3 Å². The van der Waals surface area contributed by atoms with Gasteiger partial charge in [-0.25, -0.2) is 15.0 Å². The third kappa shape index (κ3) is 2.97. The van der Waals surface area contributed by atoms with Gasteiger partial charge >= 0.3 is 0 Å². The first-order valence-electron chi connectivity index (χ1n) is 6.83. The van der Waals surface area contributed by atoms with E-state index in [0.29, 0.717) is 11.5 Å². The van der Waals surface area contributed by atoms with Crippen LogP contribution in [0, 0.1) is 0 Å². The minimum Gasteiger partial charge on any atom is -0.362 e. The number of alkyl halides is 1. The molecule has 0 bridgehead atoms. The van der Waals surface area contributed by atoms with Gasteiger partial charge in [0.1, 0.15) is 11.3 Å². The van der Waals surface area contributed by atoms with E-state index in [1.54, 1.807) is 6.33 Å². The number of rotatable bonds is 4. The number of hydrogen-bond acceptors (Lipinski definition) is 4. The van der Waals surface area contributed by atoms with Crippen LogP contribution in [0.1, 0.15) is 19.2 Å². The molecule has 0 saturated carbocycles. The van der Waals surface area contributed by atoms with Crippen LogP contribution in [0.3, 0.4) is 0 Å². The molecule has 1 unspecified atom stereocenters. The summed E-state index contributed by atoms with van der Waals surface area (Å²) < 4.78 is 0. The molecule has 21 heavy (non-hydrogen) atoms. The van der Waals surface area contributed by atoms with E-state index in [2.05, 4.69) is 62.6 Å². The Morgan fingerprint density at radius 1 is 1.38 bits per heavy atom. The maximum absolute atomic E-state index is 5.85. The number of nitrogens with zero attached hydrogens (tertiary/aromatic N) is 3. The minimum absolute atomic E-state index is 0.119. The highest BCUT2D eigenvalue weighted by Gasteiger charge is 2.13. The highest BCUT2D eigenvalue weighted by atomic mass is 35.5. The van der Waals surface area contributed by atoms with Gasteiger partial charge in [-0.3, -0.25) is 0 Å². The lowest BCUT2D eigenvalue weighted by atomic mass is 10.1. The maximum atomic E-state index is 5.85. The number of nitrogens with one attached hydrogen (secondary N) is 2. The van der Waals surface area contributed by atoms with E-state index in [1.165, 1.54) is 5.57 Å². The molecule has 0 spiro atoms. The lowest BCUT2D eigenvalue weighted by molar-refractivity contribution is 0.928. The molecule has 0 aromatic carbocycles. The van der Waals surface area contributed by atoms with E-state index >= 15 is 0 Å². The zero-order valence-electron chi connectivity index (χ0n) is 11.7. The highest BCUT2D eigenvalue weighted by Crippen LogP contribution is 2.20. The quantitative estimate of drug-likeness (QED) is 0.850. The van der Waals surface area contributed by atoms with Gasteiger partial charge in [-0.05, 0) is 18.9 Å². The van der Waals surface area contributed by atoms with Gasteiger partial charge in [0, 0.05) is 0 Å². The first-order valence-corrected chi connectivity index (χ1v) is 7.37. The van der Waals surface area contributed by atoms with Crippen LogP contribution in [0.5, 0.6) is 0 Å². The molecule has 0 radical (unpaired) electrons. The largest absolute Gasteiger partial charge is 0.362 e. The SMILES string of the molecule is CC(Nc1nc(CCl)nc2nc[nH]c12)C1=CC=CCC=C1. The second kappa shape index (κ2) is 6.10. The van der Waals surface area contributed by atoms with Crippen molar-refractivity contribution in [2.24, 2.45) is 0 Å². The molecule has 2 heterocycles. The molecule has 0 fully saturated rings. The molecule has 5 nitrogen and oxygen atoms in total. The van der Waals surface area contributed by atoms with Crippen molar-refractivity contribution in [1.29, 1.82) is 0 Å². The smallest absolute Gasteiger partial charge is 0.183 e. The summed E-state index contributed by atoms with van der Waals surface area (Å²) in [5.41, 5.74) is 2.62. The summed E-state index contributed by atoms with van der Waals surface area (Å²) in [5.74, 6) is 1.55. The Hall–Kier alpha value is -2.14. The fourth-order valence-electron chi connectivity index (χ4n) is 2.22. The van der Waals surface area contributed by atoms with Crippen LogP contribution in [-0.4, -0.2) is 26.0 Å². The maximum Gasteiger partial charge on any atom is 0.183 e. The van der Waals surface area contributed by atoms with Crippen LogP contribution in [0.25, 0.3) is 11.2 Å². The van der Waals surface area contributed by atoms with E-state index in [0.717, 1.165) is 17.8 Å². The Labute approximate surface area is 127 Å². The standard InChI is InChI=1S/C15H16ClN5/c1-10(11-6-4-2-3-5-7-11)19-15-13-14(18-9-17-13)20-12(8-16)21-15/h2,4-7,9-10H,3,8H2,1H3,(H2,17,18,19,20,21). The predicted octanol–water partition coefficient (Wildman–Crippen LogP) is 3.33. The lowest BCUT2D eigenvalue weighted by Crippen LogP contribution is -2.18. The fraction of sp³-hybridized carbons (Fsp3) is 0.267.